The molecule has 0 aliphatic carbocycles. The van der Waals surface area contributed by atoms with Crippen LogP contribution in [0.25, 0.3) is 17.0 Å². The third-order valence-corrected chi connectivity index (χ3v) is 2.97. The number of aliphatic carboxylic acids is 2. The molecule has 2 aromatic heterocycles. The molecular formula is C18H16N2O5. The van der Waals surface area contributed by atoms with Crippen LogP contribution in [0.5, 0.6) is 0 Å². The zero-order chi connectivity index (χ0) is 18.1. The molecule has 0 bridgehead atoms. The molecule has 7 heteroatoms. The molecule has 0 fully saturated rings. The maximum atomic E-state index is 9.55. The zero-order valence-electron chi connectivity index (χ0n) is 13.1. The van der Waals surface area contributed by atoms with Crippen molar-refractivity contribution in [1.82, 2.24) is 9.55 Å². The molecule has 2 N–H and O–H groups in total. The Bertz CT molecular complexity index is 842. The van der Waals surface area contributed by atoms with Gasteiger partial charge in [-0.2, -0.15) is 0 Å². The molecule has 7 nitrogen and oxygen atoms in total. The second kappa shape index (κ2) is 8.88. The Balaban J connectivity index is 0.000000242. The van der Waals surface area contributed by atoms with Gasteiger partial charge in [0.05, 0.1) is 6.33 Å². The first-order valence-electron chi connectivity index (χ1n) is 7.29. The highest BCUT2D eigenvalue weighted by atomic mass is 16.4. The Kier molecular flexibility index (Phi) is 6.30. The highest BCUT2D eigenvalue weighted by Gasteiger charge is 1.98. The van der Waals surface area contributed by atoms with Gasteiger partial charge in [-0.1, -0.05) is 24.3 Å². The Hall–Kier alpha value is -3.61. The lowest BCUT2D eigenvalue weighted by atomic mass is 10.2. The normalized spacial score (nSPS) is 10.9. The second-order valence-corrected chi connectivity index (χ2v) is 4.86. The number of carboxylic acid groups (broad SMARTS) is 2. The van der Waals surface area contributed by atoms with E-state index in [1.54, 1.807) is 12.5 Å². The molecule has 0 aliphatic rings. The molecule has 128 valence electrons. The molecule has 3 rings (SSSR count). The van der Waals surface area contributed by atoms with Gasteiger partial charge < -0.3 is 19.2 Å². The lowest BCUT2D eigenvalue weighted by molar-refractivity contribution is -0.134. The number of fused-ring (bicyclic) bond motifs is 1. The van der Waals surface area contributed by atoms with E-state index in [0.29, 0.717) is 12.2 Å². The number of aromatic nitrogens is 2. The first-order valence-corrected chi connectivity index (χ1v) is 7.29. The third-order valence-electron chi connectivity index (χ3n) is 2.97. The summed E-state index contributed by atoms with van der Waals surface area (Å²) in [7, 11) is 0. The van der Waals surface area contributed by atoms with Gasteiger partial charge in [-0.05, 0) is 18.2 Å². The molecule has 3 aromatic rings. The SMILES string of the molecule is C(=C\c1cc2ccccc2o1)/Cn1ccnc1.O=C(O)/C=C/C(=O)O. The van der Waals surface area contributed by atoms with Gasteiger partial charge >= 0.3 is 11.9 Å². The number of para-hydroxylation sites is 1. The van der Waals surface area contributed by atoms with Crippen LogP contribution in [0.15, 0.2) is 71.7 Å². The summed E-state index contributed by atoms with van der Waals surface area (Å²) in [5.74, 6) is -1.63. The number of carbonyl (C=O) groups is 2. The second-order valence-electron chi connectivity index (χ2n) is 4.86. The van der Waals surface area contributed by atoms with E-state index in [2.05, 4.69) is 11.1 Å². The zero-order valence-corrected chi connectivity index (χ0v) is 13.1. The monoisotopic (exact) mass is 340 g/mol. The minimum atomic E-state index is -1.26. The van der Waals surface area contributed by atoms with E-state index >= 15 is 0 Å². The van der Waals surface area contributed by atoms with E-state index < -0.39 is 11.9 Å². The fourth-order valence-corrected chi connectivity index (χ4v) is 1.91. The maximum Gasteiger partial charge on any atom is 0.328 e. The molecule has 0 aliphatic heterocycles. The maximum absolute atomic E-state index is 9.55. The van der Waals surface area contributed by atoms with E-state index in [1.165, 1.54) is 0 Å². The first kappa shape index (κ1) is 17.7. The fraction of sp³-hybridized carbons (Fsp3) is 0.0556. The van der Waals surface area contributed by atoms with Gasteiger partial charge in [0.2, 0.25) is 0 Å². The summed E-state index contributed by atoms with van der Waals surface area (Å²) in [5.41, 5.74) is 0.926. The van der Waals surface area contributed by atoms with Gasteiger partial charge in [0, 0.05) is 36.5 Å². The van der Waals surface area contributed by atoms with Crippen molar-refractivity contribution in [2.45, 2.75) is 6.54 Å². The molecule has 25 heavy (non-hydrogen) atoms. The summed E-state index contributed by atoms with van der Waals surface area (Å²) in [6.07, 6.45) is 10.7. The summed E-state index contributed by atoms with van der Waals surface area (Å²) in [4.78, 5) is 23.1. The summed E-state index contributed by atoms with van der Waals surface area (Å²) in [6.45, 7) is 0.803. The van der Waals surface area contributed by atoms with Crippen LogP contribution in [-0.2, 0) is 16.1 Å². The predicted octanol–water partition coefficient (Wildman–Crippen LogP) is 3.05. The lowest BCUT2D eigenvalue weighted by Gasteiger charge is -1.92. The number of rotatable bonds is 5. The molecule has 2 heterocycles. The van der Waals surface area contributed by atoms with Crippen molar-refractivity contribution >= 4 is 29.0 Å². The third kappa shape index (κ3) is 6.19. The molecule has 1 aromatic carbocycles. The van der Waals surface area contributed by atoms with Crippen LogP contribution in [-0.4, -0.2) is 31.7 Å². The van der Waals surface area contributed by atoms with Crippen molar-refractivity contribution in [3.05, 3.63) is 73.0 Å². The summed E-state index contributed by atoms with van der Waals surface area (Å²) in [5, 5.41) is 16.8. The molecule has 0 atom stereocenters. The molecule has 0 amide bonds. The van der Waals surface area contributed by atoms with E-state index in [4.69, 9.17) is 14.6 Å². The van der Waals surface area contributed by atoms with Gasteiger partial charge in [0.15, 0.2) is 0 Å². The van der Waals surface area contributed by atoms with Crippen molar-refractivity contribution < 1.29 is 24.2 Å². The van der Waals surface area contributed by atoms with Gasteiger partial charge in [-0.3, -0.25) is 0 Å². The number of nitrogens with zero attached hydrogens (tertiary/aromatic N) is 2. The Morgan fingerprint density at radius 3 is 2.48 bits per heavy atom. The van der Waals surface area contributed by atoms with Gasteiger partial charge in [0.1, 0.15) is 11.3 Å². The summed E-state index contributed by atoms with van der Waals surface area (Å²) >= 11 is 0. The Morgan fingerprint density at radius 2 is 1.88 bits per heavy atom. The molecular weight excluding hydrogens is 324 g/mol. The minimum Gasteiger partial charge on any atom is -0.478 e. The molecule has 0 saturated heterocycles. The standard InChI is InChI=1S/C14H12N2O.C4H4O4/c1-2-6-14-12(4-1)10-13(17-14)5-3-8-16-9-7-15-11-16;5-3(6)1-2-4(7)8/h1-7,9-11H,8H2;1-2H,(H,5,6)(H,7,8)/b5-3+;2-1+. The van der Waals surface area contributed by atoms with Crippen molar-refractivity contribution in [2.75, 3.05) is 0 Å². The molecule has 0 unspecified atom stereocenters. The fourth-order valence-electron chi connectivity index (χ4n) is 1.91. The number of hydrogen-bond acceptors (Lipinski definition) is 4. The lowest BCUT2D eigenvalue weighted by Crippen LogP contribution is -1.91. The predicted molar refractivity (Wildman–Crippen MR) is 91.9 cm³/mol. The molecule has 0 radical (unpaired) electrons. The van der Waals surface area contributed by atoms with Crippen LogP contribution in [0.4, 0.5) is 0 Å². The molecule has 0 saturated carbocycles. The van der Waals surface area contributed by atoms with E-state index in [1.807, 2.05) is 47.2 Å². The van der Waals surface area contributed by atoms with Crippen molar-refractivity contribution in [2.24, 2.45) is 0 Å². The van der Waals surface area contributed by atoms with Crippen LogP contribution in [0.1, 0.15) is 5.76 Å². The summed E-state index contributed by atoms with van der Waals surface area (Å²) in [6, 6.07) is 10.1. The number of imidazole rings is 1. The van der Waals surface area contributed by atoms with Crippen LogP contribution in [0.2, 0.25) is 0 Å². The number of allylic oxidation sites excluding steroid dienone is 1. The number of hydrogen-bond donors (Lipinski definition) is 2. The summed E-state index contributed by atoms with van der Waals surface area (Å²) < 4.78 is 7.67. The number of carboxylic acids is 2. The van der Waals surface area contributed by atoms with Gasteiger partial charge in [0.25, 0.3) is 0 Å². The molecule has 0 spiro atoms. The van der Waals surface area contributed by atoms with Crippen molar-refractivity contribution in [1.29, 1.82) is 0 Å². The topological polar surface area (TPSA) is 106 Å². The van der Waals surface area contributed by atoms with Crippen LogP contribution < -0.4 is 0 Å². The van der Waals surface area contributed by atoms with E-state index in [-0.39, 0.29) is 0 Å². The number of furan rings is 1. The number of benzene rings is 1. The van der Waals surface area contributed by atoms with Gasteiger partial charge in [-0.25, -0.2) is 14.6 Å². The van der Waals surface area contributed by atoms with Crippen LogP contribution in [0.3, 0.4) is 0 Å². The highest BCUT2D eigenvalue weighted by Crippen LogP contribution is 2.19. The average Bonchev–Trinajstić information content (AvgIpc) is 3.22. The smallest absolute Gasteiger partial charge is 0.328 e. The van der Waals surface area contributed by atoms with Crippen molar-refractivity contribution in [3.8, 4) is 0 Å². The minimum absolute atomic E-state index is 0.558. The Labute approximate surface area is 143 Å². The van der Waals surface area contributed by atoms with Crippen molar-refractivity contribution in [3.63, 3.8) is 0 Å². The van der Waals surface area contributed by atoms with Gasteiger partial charge in [-0.15, -0.1) is 0 Å². The highest BCUT2D eigenvalue weighted by molar-refractivity contribution is 5.89. The van der Waals surface area contributed by atoms with E-state index in [9.17, 15) is 9.59 Å². The van der Waals surface area contributed by atoms with Crippen LogP contribution in [0, 0.1) is 0 Å². The first-order chi connectivity index (χ1) is 12.0. The quantitative estimate of drug-likeness (QED) is 0.692. The largest absolute Gasteiger partial charge is 0.478 e. The van der Waals surface area contributed by atoms with Crippen LogP contribution >= 0.6 is 0 Å². The Morgan fingerprint density at radius 1 is 1.16 bits per heavy atom. The average molecular weight is 340 g/mol. The van der Waals surface area contributed by atoms with E-state index in [0.717, 1.165) is 23.3 Å².